The number of nitrogens with one attached hydrogen (secondary N) is 1. The van der Waals surface area contributed by atoms with Gasteiger partial charge < -0.3 is 4.98 Å². The third kappa shape index (κ3) is 2.45. The van der Waals surface area contributed by atoms with E-state index in [1.54, 1.807) is 6.92 Å². The van der Waals surface area contributed by atoms with Gasteiger partial charge in [-0.05, 0) is 39.3 Å². The molecule has 2 saturated heterocycles. The van der Waals surface area contributed by atoms with Crippen LogP contribution in [-0.4, -0.2) is 54.8 Å². The van der Waals surface area contributed by atoms with Gasteiger partial charge in [-0.2, -0.15) is 4.31 Å². The number of rotatable bonds is 3. The molecule has 1 aromatic heterocycles. The molecule has 0 saturated carbocycles. The van der Waals surface area contributed by atoms with Gasteiger partial charge in [-0.1, -0.05) is 11.3 Å². The van der Waals surface area contributed by atoms with E-state index >= 15 is 0 Å². The van der Waals surface area contributed by atoms with Gasteiger partial charge in [0.15, 0.2) is 4.21 Å². The number of likely N-dealkylation sites (tertiary alicyclic amines) is 1. The fourth-order valence-corrected chi connectivity index (χ4v) is 6.02. The summed E-state index contributed by atoms with van der Waals surface area (Å²) in [6, 6.07) is 0.336. The minimum absolute atomic E-state index is 0.171. The highest BCUT2D eigenvalue weighted by molar-refractivity contribution is 7.91. The fraction of sp³-hybridized carbons (Fsp3) is 0.750. The number of hydrogen-bond donors (Lipinski definition) is 1. The van der Waals surface area contributed by atoms with E-state index < -0.39 is 10.0 Å². The summed E-state index contributed by atoms with van der Waals surface area (Å²) in [5.41, 5.74) is 0.449. The predicted molar refractivity (Wildman–Crippen MR) is 77.6 cm³/mol. The van der Waals surface area contributed by atoms with Crippen molar-refractivity contribution in [2.45, 2.75) is 36.4 Å². The van der Waals surface area contributed by atoms with Crippen LogP contribution in [0.5, 0.6) is 0 Å². The Labute approximate surface area is 122 Å². The number of hydrogen-bond acceptors (Lipinski definition) is 5. The number of aromatic amines is 1. The highest BCUT2D eigenvalue weighted by Gasteiger charge is 2.37. The SMILES string of the molecule is Cc1[nH]c(=O)sc1S(=O)(=O)N1CCC(N2CCCC2)C1. The van der Waals surface area contributed by atoms with Crippen LogP contribution in [0.15, 0.2) is 9.00 Å². The van der Waals surface area contributed by atoms with E-state index in [0.717, 1.165) is 30.8 Å². The molecule has 2 aliphatic heterocycles. The van der Waals surface area contributed by atoms with Gasteiger partial charge in [0, 0.05) is 24.8 Å². The molecular weight excluding hydrogens is 298 g/mol. The molecule has 0 spiro atoms. The summed E-state index contributed by atoms with van der Waals surface area (Å²) in [4.78, 5) is 15.9. The normalized spacial score (nSPS) is 25.6. The number of thiazole rings is 1. The molecule has 1 unspecified atom stereocenters. The maximum atomic E-state index is 12.6. The summed E-state index contributed by atoms with van der Waals surface area (Å²) in [7, 11) is -3.52. The number of H-pyrrole nitrogens is 1. The van der Waals surface area contributed by atoms with E-state index in [4.69, 9.17) is 0 Å². The van der Waals surface area contributed by atoms with Crippen molar-refractivity contribution in [1.82, 2.24) is 14.2 Å². The van der Waals surface area contributed by atoms with Crippen LogP contribution in [0.2, 0.25) is 0 Å². The van der Waals surface area contributed by atoms with Gasteiger partial charge >= 0.3 is 4.87 Å². The van der Waals surface area contributed by atoms with Crippen LogP contribution in [0.4, 0.5) is 0 Å². The molecular formula is C12H19N3O3S2. The lowest BCUT2D eigenvalue weighted by atomic mass is 10.2. The molecule has 0 bridgehead atoms. The minimum atomic E-state index is -3.52. The molecule has 2 fully saturated rings. The Morgan fingerprint density at radius 3 is 2.55 bits per heavy atom. The van der Waals surface area contributed by atoms with Crippen LogP contribution in [0, 0.1) is 6.92 Å². The monoisotopic (exact) mass is 317 g/mol. The quantitative estimate of drug-likeness (QED) is 0.886. The smallest absolute Gasteiger partial charge is 0.305 e. The molecule has 0 radical (unpaired) electrons. The number of aryl methyl sites for hydroxylation is 1. The molecule has 3 heterocycles. The zero-order chi connectivity index (χ0) is 14.3. The Kier molecular flexibility index (Phi) is 3.74. The number of aromatic nitrogens is 1. The molecule has 1 atom stereocenters. The topological polar surface area (TPSA) is 73.5 Å². The van der Waals surface area contributed by atoms with Crippen molar-refractivity contribution in [3.63, 3.8) is 0 Å². The van der Waals surface area contributed by atoms with Crippen molar-refractivity contribution < 1.29 is 8.42 Å². The second kappa shape index (κ2) is 5.25. The summed E-state index contributed by atoms with van der Waals surface area (Å²) >= 11 is 0.787. The second-order valence-corrected chi connectivity index (χ2v) is 8.59. The zero-order valence-electron chi connectivity index (χ0n) is 11.5. The molecule has 0 aliphatic carbocycles. The average molecular weight is 317 g/mol. The summed E-state index contributed by atoms with van der Waals surface area (Å²) < 4.78 is 26.9. The first-order chi connectivity index (χ1) is 9.48. The van der Waals surface area contributed by atoms with Gasteiger partial charge in [-0.25, -0.2) is 8.42 Å². The Morgan fingerprint density at radius 1 is 1.25 bits per heavy atom. The summed E-state index contributed by atoms with van der Waals surface area (Å²) in [6.07, 6.45) is 3.31. The highest BCUT2D eigenvalue weighted by atomic mass is 32.2. The summed E-state index contributed by atoms with van der Waals surface area (Å²) in [5, 5.41) is 0. The lowest BCUT2D eigenvalue weighted by Crippen LogP contribution is -2.37. The van der Waals surface area contributed by atoms with Gasteiger partial charge in [-0.3, -0.25) is 9.69 Å². The van der Waals surface area contributed by atoms with Crippen LogP contribution in [0.3, 0.4) is 0 Å². The van der Waals surface area contributed by atoms with Crippen molar-refractivity contribution in [2.75, 3.05) is 26.2 Å². The lowest BCUT2D eigenvalue weighted by Gasteiger charge is -2.23. The molecule has 6 nitrogen and oxygen atoms in total. The fourth-order valence-electron chi connectivity index (χ4n) is 3.09. The Hall–Kier alpha value is -0.700. The number of nitrogens with zero attached hydrogens (tertiary/aromatic N) is 2. The van der Waals surface area contributed by atoms with Gasteiger partial charge in [-0.15, -0.1) is 0 Å². The van der Waals surface area contributed by atoms with E-state index in [1.165, 1.54) is 17.1 Å². The Bertz CT molecular complexity index is 643. The van der Waals surface area contributed by atoms with Crippen LogP contribution >= 0.6 is 11.3 Å². The standard InChI is InChI=1S/C12H19N3O3S2/c1-9-11(19-12(16)13-9)20(17,18)15-7-4-10(8-15)14-5-2-3-6-14/h10H,2-8H2,1H3,(H,13,16). The van der Waals surface area contributed by atoms with Gasteiger partial charge in [0.05, 0.1) is 0 Å². The highest BCUT2D eigenvalue weighted by Crippen LogP contribution is 2.27. The number of sulfonamides is 1. The third-order valence-corrected chi connectivity index (χ3v) is 7.59. The van der Waals surface area contributed by atoms with E-state index in [0.29, 0.717) is 24.8 Å². The molecule has 20 heavy (non-hydrogen) atoms. The maximum absolute atomic E-state index is 12.6. The average Bonchev–Trinajstić information content (AvgIpc) is 3.07. The predicted octanol–water partition coefficient (Wildman–Crippen LogP) is 0.604. The van der Waals surface area contributed by atoms with Crippen LogP contribution in [-0.2, 0) is 10.0 Å². The summed E-state index contributed by atoms with van der Waals surface area (Å²) in [5.74, 6) is 0. The second-order valence-electron chi connectivity index (χ2n) is 5.48. The van der Waals surface area contributed by atoms with Gasteiger partial charge in [0.2, 0.25) is 0 Å². The van der Waals surface area contributed by atoms with E-state index in [-0.39, 0.29) is 9.08 Å². The van der Waals surface area contributed by atoms with Crippen molar-refractivity contribution in [1.29, 1.82) is 0 Å². The van der Waals surface area contributed by atoms with Crippen molar-refractivity contribution in [2.24, 2.45) is 0 Å². The van der Waals surface area contributed by atoms with Gasteiger partial charge in [0.25, 0.3) is 10.0 Å². The van der Waals surface area contributed by atoms with Crippen molar-refractivity contribution in [3.05, 3.63) is 15.4 Å². The van der Waals surface area contributed by atoms with Crippen LogP contribution < -0.4 is 4.87 Å². The zero-order valence-corrected chi connectivity index (χ0v) is 13.1. The first-order valence-corrected chi connectivity index (χ1v) is 9.18. The molecule has 1 aromatic rings. The molecule has 112 valence electrons. The Morgan fingerprint density at radius 2 is 1.95 bits per heavy atom. The lowest BCUT2D eigenvalue weighted by molar-refractivity contribution is 0.251. The Balaban J connectivity index is 1.79. The van der Waals surface area contributed by atoms with E-state index in [2.05, 4.69) is 9.88 Å². The first-order valence-electron chi connectivity index (χ1n) is 6.92. The first kappa shape index (κ1) is 14.2. The van der Waals surface area contributed by atoms with Crippen molar-refractivity contribution in [3.8, 4) is 0 Å². The largest absolute Gasteiger partial charge is 0.315 e. The maximum Gasteiger partial charge on any atom is 0.305 e. The molecule has 0 aromatic carbocycles. The van der Waals surface area contributed by atoms with E-state index in [1.807, 2.05) is 0 Å². The minimum Gasteiger partial charge on any atom is -0.315 e. The van der Waals surface area contributed by atoms with Crippen molar-refractivity contribution >= 4 is 21.4 Å². The molecule has 1 N–H and O–H groups in total. The van der Waals surface area contributed by atoms with Crippen LogP contribution in [0.25, 0.3) is 0 Å². The third-order valence-electron chi connectivity index (χ3n) is 4.14. The van der Waals surface area contributed by atoms with Crippen LogP contribution in [0.1, 0.15) is 25.0 Å². The molecule has 2 aliphatic rings. The molecule has 3 rings (SSSR count). The molecule has 0 amide bonds. The van der Waals surface area contributed by atoms with E-state index in [9.17, 15) is 13.2 Å². The molecule has 8 heteroatoms. The summed E-state index contributed by atoms with van der Waals surface area (Å²) in [6.45, 7) is 4.89. The van der Waals surface area contributed by atoms with Gasteiger partial charge in [0.1, 0.15) is 0 Å².